The van der Waals surface area contributed by atoms with Gasteiger partial charge in [-0.05, 0) is 73.7 Å². The normalized spacial score (nSPS) is 10.9. The van der Waals surface area contributed by atoms with Crippen molar-refractivity contribution in [2.24, 2.45) is 0 Å². The molecule has 0 aliphatic carbocycles. The molecule has 1 heterocycles. The van der Waals surface area contributed by atoms with Crippen LogP contribution in [0.15, 0.2) is 63.8 Å². The molecule has 0 fully saturated rings. The minimum Gasteiger partial charge on any atom is -0.492 e. The van der Waals surface area contributed by atoms with Gasteiger partial charge in [0.2, 0.25) is 0 Å². The topological polar surface area (TPSA) is 39.1 Å². The Kier molecular flexibility index (Phi) is 6.88. The van der Waals surface area contributed by atoms with Crippen LogP contribution in [-0.4, -0.2) is 16.4 Å². The molecule has 0 unspecified atom stereocenters. The van der Waals surface area contributed by atoms with Crippen LogP contribution in [0.2, 0.25) is 0 Å². The maximum absolute atomic E-state index is 5.64. The Labute approximate surface area is 170 Å². The molecule has 136 valence electrons. The van der Waals surface area contributed by atoms with E-state index in [0.717, 1.165) is 34.3 Å². The van der Waals surface area contributed by atoms with E-state index in [2.05, 4.69) is 78.7 Å². The molecule has 6 heteroatoms. The third-order valence-corrected chi connectivity index (χ3v) is 5.18. The Morgan fingerprint density at radius 2 is 1.77 bits per heavy atom. The van der Waals surface area contributed by atoms with Crippen LogP contribution in [0.25, 0.3) is 0 Å². The standard InChI is InChI=1S/C20H21Br2N3O/c1-2-26-20-18(21)10-15(11-19(20)22)12-23-13-16-6-3-4-7-17(16)14-25-9-5-8-24-25/h3-11,23H,2,12-14H2,1H3. The minimum atomic E-state index is 0.641. The quantitative estimate of drug-likeness (QED) is 0.486. The number of halogens is 2. The highest BCUT2D eigenvalue weighted by molar-refractivity contribution is 9.11. The lowest BCUT2D eigenvalue weighted by Crippen LogP contribution is -2.15. The Morgan fingerprint density at radius 1 is 1.04 bits per heavy atom. The molecule has 0 saturated heterocycles. The van der Waals surface area contributed by atoms with E-state index in [9.17, 15) is 0 Å². The minimum absolute atomic E-state index is 0.641. The molecule has 0 spiro atoms. The van der Waals surface area contributed by atoms with Crippen LogP contribution in [0, 0.1) is 0 Å². The van der Waals surface area contributed by atoms with Gasteiger partial charge < -0.3 is 10.1 Å². The van der Waals surface area contributed by atoms with Crippen molar-refractivity contribution in [3.05, 3.63) is 80.5 Å². The summed E-state index contributed by atoms with van der Waals surface area (Å²) in [6.45, 7) is 4.99. The molecule has 0 saturated carbocycles. The van der Waals surface area contributed by atoms with E-state index >= 15 is 0 Å². The first kappa shape index (κ1) is 19.1. The van der Waals surface area contributed by atoms with Gasteiger partial charge in [0.05, 0.1) is 22.1 Å². The smallest absolute Gasteiger partial charge is 0.147 e. The summed E-state index contributed by atoms with van der Waals surface area (Å²) < 4.78 is 9.51. The van der Waals surface area contributed by atoms with Gasteiger partial charge in [-0.2, -0.15) is 5.10 Å². The Bertz CT molecular complexity index is 827. The number of benzene rings is 2. The molecular formula is C20H21Br2N3O. The number of rotatable bonds is 8. The fraction of sp³-hybridized carbons (Fsp3) is 0.250. The highest BCUT2D eigenvalue weighted by Gasteiger charge is 2.09. The lowest BCUT2D eigenvalue weighted by Gasteiger charge is -2.13. The highest BCUT2D eigenvalue weighted by atomic mass is 79.9. The molecule has 4 nitrogen and oxygen atoms in total. The van der Waals surface area contributed by atoms with Crippen LogP contribution in [-0.2, 0) is 19.6 Å². The predicted octanol–water partition coefficient (Wildman–Crippen LogP) is 5.14. The Hall–Kier alpha value is -1.63. The summed E-state index contributed by atoms with van der Waals surface area (Å²) >= 11 is 7.18. The first-order valence-corrected chi connectivity index (χ1v) is 10.1. The molecule has 3 aromatic rings. The SMILES string of the molecule is CCOc1c(Br)cc(CNCc2ccccc2Cn2cccn2)cc1Br. The van der Waals surface area contributed by atoms with E-state index in [4.69, 9.17) is 4.74 Å². The van der Waals surface area contributed by atoms with Crippen LogP contribution in [0.4, 0.5) is 0 Å². The van der Waals surface area contributed by atoms with Gasteiger partial charge in [-0.25, -0.2) is 0 Å². The number of nitrogens with zero attached hydrogens (tertiary/aromatic N) is 2. The summed E-state index contributed by atoms with van der Waals surface area (Å²) in [6, 6.07) is 14.6. The molecule has 26 heavy (non-hydrogen) atoms. The highest BCUT2D eigenvalue weighted by Crippen LogP contribution is 2.34. The van der Waals surface area contributed by atoms with Crippen molar-refractivity contribution in [1.29, 1.82) is 0 Å². The van der Waals surface area contributed by atoms with Crippen molar-refractivity contribution in [2.45, 2.75) is 26.6 Å². The van der Waals surface area contributed by atoms with Crippen LogP contribution >= 0.6 is 31.9 Å². The molecular weight excluding hydrogens is 458 g/mol. The average molecular weight is 479 g/mol. The molecule has 2 aromatic carbocycles. The summed E-state index contributed by atoms with van der Waals surface area (Å²) in [5, 5.41) is 7.83. The van der Waals surface area contributed by atoms with Crippen LogP contribution < -0.4 is 10.1 Å². The van der Waals surface area contributed by atoms with Crippen molar-refractivity contribution in [1.82, 2.24) is 15.1 Å². The van der Waals surface area contributed by atoms with Gasteiger partial charge >= 0.3 is 0 Å². The lowest BCUT2D eigenvalue weighted by molar-refractivity contribution is 0.336. The number of aromatic nitrogens is 2. The molecule has 0 radical (unpaired) electrons. The summed E-state index contributed by atoms with van der Waals surface area (Å²) in [5.41, 5.74) is 3.75. The van der Waals surface area contributed by atoms with Crippen LogP contribution in [0.3, 0.4) is 0 Å². The monoisotopic (exact) mass is 477 g/mol. The summed E-state index contributed by atoms with van der Waals surface area (Å²) in [6.07, 6.45) is 3.79. The first-order valence-electron chi connectivity index (χ1n) is 8.53. The number of hydrogen-bond donors (Lipinski definition) is 1. The second-order valence-corrected chi connectivity index (χ2v) is 7.61. The zero-order valence-corrected chi connectivity index (χ0v) is 17.8. The van der Waals surface area contributed by atoms with Crippen molar-refractivity contribution >= 4 is 31.9 Å². The molecule has 1 N–H and O–H groups in total. The molecule has 3 rings (SSSR count). The molecule has 0 atom stereocenters. The number of ether oxygens (including phenoxy) is 1. The Balaban J connectivity index is 1.63. The van der Waals surface area contributed by atoms with E-state index < -0.39 is 0 Å². The molecule has 0 amide bonds. The molecule has 0 aliphatic rings. The van der Waals surface area contributed by atoms with Crippen LogP contribution in [0.5, 0.6) is 5.75 Å². The number of nitrogens with one attached hydrogen (secondary N) is 1. The maximum Gasteiger partial charge on any atom is 0.147 e. The second kappa shape index (κ2) is 9.35. The lowest BCUT2D eigenvalue weighted by atomic mass is 10.1. The fourth-order valence-corrected chi connectivity index (χ4v) is 4.30. The molecule has 1 aromatic heterocycles. The molecule has 0 aliphatic heterocycles. The van der Waals surface area contributed by atoms with Gasteiger partial charge in [0, 0.05) is 25.5 Å². The summed E-state index contributed by atoms with van der Waals surface area (Å²) in [5.74, 6) is 0.848. The van der Waals surface area contributed by atoms with Gasteiger partial charge in [0.1, 0.15) is 5.75 Å². The third kappa shape index (κ3) is 4.96. The van der Waals surface area contributed by atoms with Crippen LogP contribution in [0.1, 0.15) is 23.6 Å². The number of hydrogen-bond acceptors (Lipinski definition) is 3. The Morgan fingerprint density at radius 3 is 2.42 bits per heavy atom. The van der Waals surface area contributed by atoms with Crippen molar-refractivity contribution in [3.63, 3.8) is 0 Å². The zero-order chi connectivity index (χ0) is 18.4. The van der Waals surface area contributed by atoms with Gasteiger partial charge in [-0.3, -0.25) is 4.68 Å². The third-order valence-electron chi connectivity index (χ3n) is 4.00. The summed E-state index contributed by atoms with van der Waals surface area (Å²) in [7, 11) is 0. The van der Waals surface area contributed by atoms with Gasteiger partial charge in [-0.1, -0.05) is 24.3 Å². The van der Waals surface area contributed by atoms with E-state index in [-0.39, 0.29) is 0 Å². The van der Waals surface area contributed by atoms with E-state index in [1.165, 1.54) is 16.7 Å². The van der Waals surface area contributed by atoms with Gasteiger partial charge in [0.15, 0.2) is 0 Å². The van der Waals surface area contributed by atoms with Crippen molar-refractivity contribution in [2.75, 3.05) is 6.61 Å². The van der Waals surface area contributed by atoms with E-state index in [1.54, 1.807) is 0 Å². The fourth-order valence-electron chi connectivity index (χ4n) is 2.79. The van der Waals surface area contributed by atoms with Gasteiger partial charge in [-0.15, -0.1) is 0 Å². The maximum atomic E-state index is 5.64. The van der Waals surface area contributed by atoms with Crippen molar-refractivity contribution < 1.29 is 4.74 Å². The second-order valence-electron chi connectivity index (χ2n) is 5.90. The van der Waals surface area contributed by atoms with Crippen molar-refractivity contribution in [3.8, 4) is 5.75 Å². The van der Waals surface area contributed by atoms with E-state index in [0.29, 0.717) is 6.61 Å². The molecule has 0 bridgehead atoms. The largest absolute Gasteiger partial charge is 0.492 e. The summed E-state index contributed by atoms with van der Waals surface area (Å²) in [4.78, 5) is 0. The zero-order valence-electron chi connectivity index (χ0n) is 14.6. The first-order chi connectivity index (χ1) is 12.7. The predicted molar refractivity (Wildman–Crippen MR) is 111 cm³/mol. The van der Waals surface area contributed by atoms with Gasteiger partial charge in [0.25, 0.3) is 0 Å². The average Bonchev–Trinajstić information content (AvgIpc) is 3.13. The van der Waals surface area contributed by atoms with E-state index in [1.807, 2.05) is 30.1 Å².